The predicted octanol–water partition coefficient (Wildman–Crippen LogP) is 21.8. The molecule has 25 aromatic heterocycles. The Labute approximate surface area is 650 Å². The summed E-state index contributed by atoms with van der Waals surface area (Å²) in [6, 6.07) is 99.5. The standard InChI is InChI=1S/C96H66N18/c1-55-97-85-73-31-7-61(8-32-73)63-11-35-75(36-12-63)87-99-56(2)101-89(110-87)77-39-15-65(16-40-77)67-19-43-79(44-20-67)91-103-58(4)105-93(112-91)81-47-23-69(24-48-81)71-27-51-83(52-28-71)95-107-60(6)108-96(114-95)84-53-29-72(30-54-84)70-25-49-82(50-26-70)94-106-59(5)104-92(113-94)80-45-21-68(22-46-80)66-17-41-78(42-18-66)90-102-57(3)100-88(111-90)76-37-13-64(14-38-76)62-9-33-74(34-10-62)86(98-55)109-85/h7-54H,1-6H3. The number of aryl methyl sites for hydroxylation is 6. The minimum absolute atomic E-state index is 0.597. The molecule has 0 N–H and O–H groups in total. The van der Waals surface area contributed by atoms with Crippen molar-refractivity contribution in [3.8, 4) is 0 Å². The molecule has 36 bridgehead atoms. The number of hydrogen-bond donors (Lipinski definition) is 0. The van der Waals surface area contributed by atoms with Crippen molar-refractivity contribution in [2.75, 3.05) is 0 Å². The SMILES string of the molecule is Cc1nc2nc(n1)c1ccc(cc1)c1ccc(cc1)c1nc(C)nc(n1)c1ccc(cc1)c1ccc(cc1)c1nc(C)nc(n1)c1ccc(cc1)c1ccc(cc1)c1nc(C)nc(n1)c1ccc(cc1)c1ccc(cc1)c1nc(C)nc(n1)c1ccc(cc1)c1ccc(cc1)c1nc(C)nc(n1)c1ccc(cc1)c1ccc2cc1. The van der Waals surface area contributed by atoms with Crippen LogP contribution in [-0.4, -0.2) is 89.7 Å². The molecule has 0 aliphatic carbocycles. The van der Waals surface area contributed by atoms with Crippen molar-refractivity contribution in [3.05, 3.63) is 326 Å². The van der Waals surface area contributed by atoms with Crippen LogP contribution in [0, 0.1) is 41.5 Å². The van der Waals surface area contributed by atoms with Gasteiger partial charge in [0.25, 0.3) is 0 Å². The van der Waals surface area contributed by atoms with E-state index in [2.05, 4.69) is 291 Å². The second-order valence-corrected chi connectivity index (χ2v) is 28.1. The maximum absolute atomic E-state index is 4.97. The number of hydrogen-bond acceptors (Lipinski definition) is 18. The van der Waals surface area contributed by atoms with Crippen molar-refractivity contribution < 1.29 is 0 Å². The molecule has 0 aliphatic rings. The fourth-order valence-corrected chi connectivity index (χ4v) is 14.2. The lowest BCUT2D eigenvalue weighted by atomic mass is 10.1. The van der Waals surface area contributed by atoms with Crippen LogP contribution in [-0.2, 0) is 0 Å². The van der Waals surface area contributed by atoms with Gasteiger partial charge in [-0.25, -0.2) is 89.7 Å². The molecule has 0 fully saturated rings. The van der Waals surface area contributed by atoms with Gasteiger partial charge in [-0.3, -0.25) is 0 Å². The van der Waals surface area contributed by atoms with Crippen molar-refractivity contribution in [1.82, 2.24) is 89.7 Å². The highest BCUT2D eigenvalue weighted by molar-refractivity contribution is 5.97. The van der Waals surface area contributed by atoms with E-state index in [1.807, 2.05) is 41.5 Å². The van der Waals surface area contributed by atoms with Crippen LogP contribution in [0.2, 0.25) is 0 Å². The van der Waals surface area contributed by atoms with Gasteiger partial charge in [0.2, 0.25) is 0 Å². The molecule has 0 aliphatic heterocycles. The highest BCUT2D eigenvalue weighted by Gasteiger charge is 2.10. The molecule has 18 nitrogen and oxygen atoms in total. The average molecular weight is 1470 g/mol. The Kier molecular flexibility index (Phi) is 17.8. The maximum atomic E-state index is 4.97. The summed E-state index contributed by atoms with van der Waals surface area (Å²) in [7, 11) is 0. The van der Waals surface area contributed by atoms with Gasteiger partial charge >= 0.3 is 0 Å². The third kappa shape index (κ3) is 14.3. The van der Waals surface area contributed by atoms with Crippen LogP contribution < -0.4 is 0 Å². The fraction of sp³-hybridized carbons (Fsp3) is 0.0625. The molecule has 25 heterocycles. The zero-order chi connectivity index (χ0) is 76.9. The summed E-state index contributed by atoms with van der Waals surface area (Å²) >= 11 is 0. The van der Waals surface area contributed by atoms with Crippen LogP contribution in [0.15, 0.2) is 291 Å². The Morgan fingerprint density at radius 3 is 0.219 bits per heavy atom. The van der Waals surface area contributed by atoms with Crippen LogP contribution in [0.25, 0.3) is 197 Å². The summed E-state index contributed by atoms with van der Waals surface area (Å²) in [6.45, 7) is 11.4. The van der Waals surface area contributed by atoms with Gasteiger partial charge in [-0.15, -0.1) is 0 Å². The molecule has 0 spiro atoms. The van der Waals surface area contributed by atoms with E-state index in [-0.39, 0.29) is 0 Å². The quantitative estimate of drug-likeness (QED) is 0.137. The smallest absolute Gasteiger partial charge is 0.163 e. The summed E-state index contributed by atoms with van der Waals surface area (Å²) in [6.07, 6.45) is 0. The van der Waals surface area contributed by atoms with E-state index in [1.165, 1.54) is 0 Å². The molecule has 0 saturated carbocycles. The molecular formula is C96H66N18. The van der Waals surface area contributed by atoms with Crippen molar-refractivity contribution in [1.29, 1.82) is 0 Å². The van der Waals surface area contributed by atoms with Gasteiger partial charge in [-0.1, -0.05) is 291 Å². The van der Waals surface area contributed by atoms with Crippen LogP contribution in [0.1, 0.15) is 34.9 Å². The van der Waals surface area contributed by atoms with Gasteiger partial charge in [0.15, 0.2) is 67.8 Å². The number of aromatic nitrogens is 18. The molecule has 540 valence electrons. The summed E-state index contributed by atoms with van der Waals surface area (Å²) < 4.78 is 0. The van der Waals surface area contributed by atoms with Crippen LogP contribution >= 0.6 is 0 Å². The second kappa shape index (κ2) is 29.3. The highest BCUT2D eigenvalue weighted by atomic mass is 15.0. The van der Waals surface area contributed by atoms with Crippen molar-refractivity contribution in [3.63, 3.8) is 0 Å². The van der Waals surface area contributed by atoms with Crippen LogP contribution in [0.3, 0.4) is 0 Å². The molecule has 12 aromatic carbocycles. The molecule has 37 aromatic rings. The molecule has 0 amide bonds. The van der Waals surface area contributed by atoms with E-state index in [4.69, 9.17) is 89.7 Å². The first-order valence-corrected chi connectivity index (χ1v) is 37.4. The Balaban J connectivity index is 0.674. The normalized spacial score (nSPS) is 11.4. The van der Waals surface area contributed by atoms with Crippen molar-refractivity contribution >= 4 is 197 Å². The molecule has 18 heteroatoms. The summed E-state index contributed by atoms with van der Waals surface area (Å²) in [5.41, 5.74) is 7.16. The summed E-state index contributed by atoms with van der Waals surface area (Å²) in [4.78, 5) is 87.1. The van der Waals surface area contributed by atoms with Gasteiger partial charge in [0.1, 0.15) is 34.9 Å². The molecule has 0 unspecified atom stereocenters. The Morgan fingerprint density at radius 2 is 0.149 bits per heavy atom. The highest BCUT2D eigenvalue weighted by Crippen LogP contribution is 2.28. The van der Waals surface area contributed by atoms with E-state index in [0.29, 0.717) is 103 Å². The second-order valence-electron chi connectivity index (χ2n) is 28.1. The number of rotatable bonds is 0. The largest absolute Gasteiger partial charge is 0.213 e. The van der Waals surface area contributed by atoms with Gasteiger partial charge in [0.05, 0.1) is 0 Å². The number of benzene rings is 12. The minimum Gasteiger partial charge on any atom is -0.213 e. The zero-order valence-electron chi connectivity index (χ0n) is 62.8. The lowest BCUT2D eigenvalue weighted by Gasteiger charge is -2.01. The third-order valence-electron chi connectivity index (χ3n) is 20.2. The van der Waals surface area contributed by atoms with E-state index >= 15 is 0 Å². The Hall–Kier alpha value is -15.3. The van der Waals surface area contributed by atoms with Crippen LogP contribution in [0.4, 0.5) is 0 Å². The van der Waals surface area contributed by atoms with E-state index in [9.17, 15) is 0 Å². The third-order valence-corrected chi connectivity index (χ3v) is 20.2. The summed E-state index contributed by atoms with van der Waals surface area (Å²) in [5.74, 6) is 3.76. The minimum atomic E-state index is 0.597. The average Bonchev–Trinajstić information content (AvgIpc) is 0.817. The van der Waals surface area contributed by atoms with Gasteiger partial charge in [0, 0.05) is 64.6 Å². The predicted molar refractivity (Wildman–Crippen MR) is 462 cm³/mol. The van der Waals surface area contributed by atoms with E-state index < -0.39 is 0 Å². The Bertz CT molecular complexity index is 6100. The van der Waals surface area contributed by atoms with Gasteiger partial charge in [-0.2, -0.15) is 0 Å². The first kappa shape index (κ1) is 69.2. The summed E-state index contributed by atoms with van der Waals surface area (Å²) in [5, 5.41) is 23.1. The lowest BCUT2D eigenvalue weighted by molar-refractivity contribution is 1.07. The zero-order valence-corrected chi connectivity index (χ0v) is 62.8. The molecule has 0 saturated heterocycles. The Morgan fingerprint density at radius 1 is 0.0877 bits per heavy atom. The molecule has 114 heavy (non-hydrogen) atoms. The molecule has 0 atom stereocenters. The molecule has 0 radical (unpaired) electrons. The maximum Gasteiger partial charge on any atom is 0.163 e. The van der Waals surface area contributed by atoms with E-state index in [0.717, 1.165) is 129 Å². The topological polar surface area (TPSA) is 232 Å². The first-order valence-electron chi connectivity index (χ1n) is 37.4. The van der Waals surface area contributed by atoms with Crippen molar-refractivity contribution in [2.45, 2.75) is 41.5 Å². The van der Waals surface area contributed by atoms with E-state index in [1.54, 1.807) is 0 Å². The number of nitrogens with zero attached hydrogens (tertiary/aromatic N) is 18. The molecular weight excluding hydrogens is 1410 g/mol. The first-order chi connectivity index (χ1) is 55.8. The van der Waals surface area contributed by atoms with Crippen LogP contribution in [0.5, 0.6) is 0 Å². The lowest BCUT2D eigenvalue weighted by Crippen LogP contribution is -1.92. The monoisotopic (exact) mass is 1470 g/mol. The van der Waals surface area contributed by atoms with Crippen molar-refractivity contribution in [2.24, 2.45) is 0 Å². The van der Waals surface area contributed by atoms with Gasteiger partial charge < -0.3 is 0 Å². The van der Waals surface area contributed by atoms with Gasteiger partial charge in [-0.05, 0) is 106 Å². The fourth-order valence-electron chi connectivity index (χ4n) is 14.2. The molecule has 37 rings (SSSR count).